The molecule has 1 aromatic carbocycles. The Morgan fingerprint density at radius 2 is 1.83 bits per heavy atom. The Bertz CT molecular complexity index is 888. The molecule has 1 aliphatic carbocycles. The minimum atomic E-state index is -4.63. The molecule has 2 aromatic heterocycles. The van der Waals surface area contributed by atoms with Crippen LogP contribution in [0.25, 0.3) is 5.65 Å². The molecule has 4 rings (SSSR count). The van der Waals surface area contributed by atoms with Crippen LogP contribution in [-0.4, -0.2) is 19.8 Å². The van der Waals surface area contributed by atoms with Gasteiger partial charge in [0.2, 0.25) is 5.88 Å². The van der Waals surface area contributed by atoms with Gasteiger partial charge in [0.15, 0.2) is 5.65 Å². The van der Waals surface area contributed by atoms with Gasteiger partial charge in [-0.05, 0) is 48.6 Å². The zero-order valence-electron chi connectivity index (χ0n) is 11.8. The van der Waals surface area contributed by atoms with Gasteiger partial charge in [0.1, 0.15) is 5.75 Å². The van der Waals surface area contributed by atoms with Crippen LogP contribution in [0.1, 0.15) is 23.4 Å². The molecule has 118 valence electrons. The molecule has 5 nitrogen and oxygen atoms in total. The summed E-state index contributed by atoms with van der Waals surface area (Å²) in [4.78, 5) is 0. The summed E-state index contributed by atoms with van der Waals surface area (Å²) in [6, 6.07) is 8.54. The third kappa shape index (κ3) is 2.49. The Kier molecular flexibility index (Phi) is 3.00. The van der Waals surface area contributed by atoms with Crippen molar-refractivity contribution in [2.45, 2.75) is 25.4 Å². The molecule has 2 heterocycles. The predicted molar refractivity (Wildman–Crippen MR) is 74.3 cm³/mol. The molecule has 0 unspecified atom stereocenters. The summed E-state index contributed by atoms with van der Waals surface area (Å²) in [6.07, 6.45) is -1.48. The van der Waals surface area contributed by atoms with Crippen molar-refractivity contribution in [3.63, 3.8) is 0 Å². The second kappa shape index (κ2) is 4.94. The molecule has 0 radical (unpaired) electrons. The van der Waals surface area contributed by atoms with Gasteiger partial charge in [-0.3, -0.25) is 0 Å². The molecule has 0 amide bonds. The highest BCUT2D eigenvalue weighted by molar-refractivity contribution is 5.41. The molecule has 23 heavy (non-hydrogen) atoms. The molecule has 0 saturated heterocycles. The van der Waals surface area contributed by atoms with Crippen LogP contribution in [0.2, 0.25) is 0 Å². The molecule has 8 heteroatoms. The average Bonchev–Trinajstić information content (AvgIpc) is 3.11. The first-order valence-electron chi connectivity index (χ1n) is 7.10. The Morgan fingerprint density at radius 3 is 2.65 bits per heavy atom. The van der Waals surface area contributed by atoms with E-state index >= 15 is 0 Å². The highest BCUT2D eigenvalue weighted by Gasteiger charge is 2.37. The summed E-state index contributed by atoms with van der Waals surface area (Å²) in [7, 11) is 0. The smallest absolute Gasteiger partial charge is 0.438 e. The third-order valence-corrected chi connectivity index (χ3v) is 3.78. The van der Waals surface area contributed by atoms with Gasteiger partial charge in [0.25, 0.3) is 5.82 Å². The number of rotatable bonds is 2. The number of fused-ring (bicyclic) bond motifs is 2. The van der Waals surface area contributed by atoms with Gasteiger partial charge in [0, 0.05) is 6.07 Å². The van der Waals surface area contributed by atoms with E-state index in [4.69, 9.17) is 4.74 Å². The minimum Gasteiger partial charge on any atom is -0.438 e. The van der Waals surface area contributed by atoms with Gasteiger partial charge in [-0.15, -0.1) is 15.3 Å². The van der Waals surface area contributed by atoms with Crippen molar-refractivity contribution in [1.82, 2.24) is 19.8 Å². The van der Waals surface area contributed by atoms with Crippen molar-refractivity contribution in [2.75, 3.05) is 0 Å². The van der Waals surface area contributed by atoms with E-state index in [0.29, 0.717) is 10.3 Å². The number of aryl methyl sites for hydroxylation is 2. The van der Waals surface area contributed by atoms with Crippen LogP contribution in [0.15, 0.2) is 30.3 Å². The molecule has 0 bridgehead atoms. The molecule has 0 spiro atoms. The van der Waals surface area contributed by atoms with Crippen LogP contribution >= 0.6 is 0 Å². The monoisotopic (exact) mass is 320 g/mol. The Morgan fingerprint density at radius 1 is 1.00 bits per heavy atom. The lowest BCUT2D eigenvalue weighted by atomic mass is 10.1. The van der Waals surface area contributed by atoms with E-state index in [9.17, 15) is 13.2 Å². The first-order chi connectivity index (χ1) is 11.0. The molecular formula is C15H11F3N4O. The van der Waals surface area contributed by atoms with E-state index < -0.39 is 12.0 Å². The van der Waals surface area contributed by atoms with Crippen LogP contribution in [0.4, 0.5) is 13.2 Å². The summed E-state index contributed by atoms with van der Waals surface area (Å²) < 4.78 is 44.8. The summed E-state index contributed by atoms with van der Waals surface area (Å²) in [5.74, 6) is -0.563. The quantitative estimate of drug-likeness (QED) is 0.726. The Hall–Kier alpha value is -2.64. The number of ether oxygens (including phenoxy) is 1. The number of aromatic nitrogens is 4. The average molecular weight is 320 g/mol. The first kappa shape index (κ1) is 14.0. The Labute approximate surface area is 128 Å². The maximum atomic E-state index is 12.9. The molecule has 0 N–H and O–H groups in total. The minimum absolute atomic E-state index is 0.0126. The fraction of sp³-hybridized carbons (Fsp3) is 0.267. The van der Waals surface area contributed by atoms with Gasteiger partial charge >= 0.3 is 6.18 Å². The van der Waals surface area contributed by atoms with Crippen LogP contribution < -0.4 is 4.74 Å². The number of alkyl halides is 3. The zero-order valence-corrected chi connectivity index (χ0v) is 11.8. The number of hydrogen-bond acceptors (Lipinski definition) is 4. The van der Waals surface area contributed by atoms with Crippen molar-refractivity contribution < 1.29 is 17.9 Å². The summed E-state index contributed by atoms with van der Waals surface area (Å²) in [5.41, 5.74) is 2.52. The summed E-state index contributed by atoms with van der Waals surface area (Å²) in [5, 5.41) is 10.4. The van der Waals surface area contributed by atoms with E-state index in [1.165, 1.54) is 23.3 Å². The summed E-state index contributed by atoms with van der Waals surface area (Å²) in [6.45, 7) is 0. The van der Waals surface area contributed by atoms with E-state index in [2.05, 4.69) is 15.3 Å². The number of hydrogen-bond donors (Lipinski definition) is 0. The standard InChI is InChI=1S/C15H11F3N4O/c16-15(17,18)14-20-19-12-6-7-13(21-22(12)14)23-11-5-4-9-2-1-3-10(9)8-11/h4-8H,1-3H2. The highest BCUT2D eigenvalue weighted by Crippen LogP contribution is 2.30. The second-order valence-electron chi connectivity index (χ2n) is 5.35. The maximum absolute atomic E-state index is 12.9. The molecular weight excluding hydrogens is 309 g/mol. The number of benzene rings is 1. The fourth-order valence-electron chi connectivity index (χ4n) is 2.74. The van der Waals surface area contributed by atoms with Crippen molar-refractivity contribution >= 4 is 5.65 Å². The lowest BCUT2D eigenvalue weighted by Crippen LogP contribution is -2.12. The zero-order chi connectivity index (χ0) is 16.0. The molecule has 0 saturated carbocycles. The third-order valence-electron chi connectivity index (χ3n) is 3.78. The van der Waals surface area contributed by atoms with Gasteiger partial charge in [-0.2, -0.15) is 17.7 Å². The van der Waals surface area contributed by atoms with E-state index in [1.807, 2.05) is 12.1 Å². The molecule has 3 aromatic rings. The van der Waals surface area contributed by atoms with Gasteiger partial charge in [-0.1, -0.05) is 6.07 Å². The molecule has 0 atom stereocenters. The van der Waals surface area contributed by atoms with Crippen molar-refractivity contribution in [2.24, 2.45) is 0 Å². The van der Waals surface area contributed by atoms with E-state index in [0.717, 1.165) is 19.3 Å². The lowest BCUT2D eigenvalue weighted by molar-refractivity contribution is -0.146. The second-order valence-corrected chi connectivity index (χ2v) is 5.35. The topological polar surface area (TPSA) is 52.3 Å². The van der Waals surface area contributed by atoms with Crippen molar-refractivity contribution in [1.29, 1.82) is 0 Å². The van der Waals surface area contributed by atoms with Crippen molar-refractivity contribution in [3.05, 3.63) is 47.3 Å². The van der Waals surface area contributed by atoms with Crippen LogP contribution in [0.5, 0.6) is 11.6 Å². The SMILES string of the molecule is FC(F)(F)c1nnc2ccc(Oc3ccc4c(c3)CCC4)nn12. The van der Waals surface area contributed by atoms with Crippen molar-refractivity contribution in [3.8, 4) is 11.6 Å². The predicted octanol–water partition coefficient (Wildman–Crippen LogP) is 3.42. The molecule has 0 fully saturated rings. The van der Waals surface area contributed by atoms with Gasteiger partial charge in [0.05, 0.1) is 0 Å². The first-order valence-corrected chi connectivity index (χ1v) is 7.10. The lowest BCUT2D eigenvalue weighted by Gasteiger charge is -2.08. The number of nitrogens with zero attached hydrogens (tertiary/aromatic N) is 4. The van der Waals surface area contributed by atoms with Gasteiger partial charge < -0.3 is 4.74 Å². The van der Waals surface area contributed by atoms with Gasteiger partial charge in [-0.25, -0.2) is 0 Å². The molecule has 0 aliphatic heterocycles. The van der Waals surface area contributed by atoms with Crippen LogP contribution in [0.3, 0.4) is 0 Å². The maximum Gasteiger partial charge on any atom is 0.453 e. The van der Waals surface area contributed by atoms with E-state index in [-0.39, 0.29) is 11.5 Å². The Balaban J connectivity index is 1.69. The van der Waals surface area contributed by atoms with Crippen LogP contribution in [-0.2, 0) is 19.0 Å². The normalized spacial score (nSPS) is 14.2. The number of halogens is 3. The fourth-order valence-corrected chi connectivity index (χ4v) is 2.74. The largest absolute Gasteiger partial charge is 0.453 e. The molecule has 1 aliphatic rings. The van der Waals surface area contributed by atoms with Crippen LogP contribution in [0, 0.1) is 0 Å². The highest BCUT2D eigenvalue weighted by atomic mass is 19.4. The summed E-state index contributed by atoms with van der Waals surface area (Å²) >= 11 is 0. The van der Waals surface area contributed by atoms with E-state index in [1.54, 1.807) is 6.07 Å².